The van der Waals surface area contributed by atoms with E-state index >= 15 is 0 Å². The van der Waals surface area contributed by atoms with Crippen molar-refractivity contribution < 1.29 is 10.2 Å². The zero-order valence-corrected chi connectivity index (χ0v) is 10.1. The first-order valence-corrected chi connectivity index (χ1v) is 5.48. The minimum Gasteiger partial charge on any atom is -0.507 e. The van der Waals surface area contributed by atoms with Crippen LogP contribution in [0.4, 0.5) is 0 Å². The molecule has 0 bridgehead atoms. The van der Waals surface area contributed by atoms with Gasteiger partial charge in [-0.1, -0.05) is 31.9 Å². The number of halogens is 2. The molecule has 0 atom stereocenters. The van der Waals surface area contributed by atoms with Crippen molar-refractivity contribution in [2.75, 3.05) is 0 Å². The predicted octanol–water partition coefficient (Wildman–Crippen LogP) is 3.78. The highest BCUT2D eigenvalue weighted by Crippen LogP contribution is 2.40. The van der Waals surface area contributed by atoms with Crippen LogP contribution < -0.4 is 0 Å². The molecule has 2 nitrogen and oxygen atoms in total. The summed E-state index contributed by atoms with van der Waals surface area (Å²) < 4.78 is 1.51. The molecule has 4 heteroatoms. The van der Waals surface area contributed by atoms with Gasteiger partial charge < -0.3 is 10.2 Å². The standard InChI is InChI=1S/C10H6Br2O2/c11-5-1-3-7(13)10-6(12)2-4-8(14)9(5)10/h1-4,13-14H. The highest BCUT2D eigenvalue weighted by Gasteiger charge is 2.10. The monoisotopic (exact) mass is 316 g/mol. The summed E-state index contributed by atoms with van der Waals surface area (Å²) >= 11 is 6.65. The molecule has 2 rings (SSSR count). The maximum atomic E-state index is 9.64. The minimum atomic E-state index is 0.144. The largest absolute Gasteiger partial charge is 0.507 e. The molecular formula is C10H6Br2O2. The van der Waals surface area contributed by atoms with E-state index in [4.69, 9.17) is 0 Å². The van der Waals surface area contributed by atoms with E-state index in [0.717, 1.165) is 8.95 Å². The molecule has 0 aliphatic heterocycles. The number of rotatable bonds is 0. The maximum Gasteiger partial charge on any atom is 0.124 e. The van der Waals surface area contributed by atoms with Gasteiger partial charge in [-0.25, -0.2) is 0 Å². The lowest BCUT2D eigenvalue weighted by Crippen LogP contribution is -1.79. The van der Waals surface area contributed by atoms with Crippen LogP contribution in [-0.4, -0.2) is 10.2 Å². The predicted molar refractivity (Wildman–Crippen MR) is 62.7 cm³/mol. The van der Waals surface area contributed by atoms with Gasteiger partial charge in [0.25, 0.3) is 0 Å². The molecule has 0 aromatic heterocycles. The first-order valence-electron chi connectivity index (χ1n) is 3.90. The highest BCUT2D eigenvalue weighted by atomic mass is 79.9. The number of hydrogen-bond donors (Lipinski definition) is 2. The normalized spacial score (nSPS) is 10.7. The van der Waals surface area contributed by atoms with Crippen LogP contribution >= 0.6 is 31.9 Å². The number of aromatic hydroxyl groups is 2. The van der Waals surface area contributed by atoms with Crippen LogP contribution in [0.2, 0.25) is 0 Å². The minimum absolute atomic E-state index is 0.144. The zero-order chi connectivity index (χ0) is 10.3. The summed E-state index contributed by atoms with van der Waals surface area (Å²) in [6, 6.07) is 6.56. The van der Waals surface area contributed by atoms with Gasteiger partial charge in [0.2, 0.25) is 0 Å². The topological polar surface area (TPSA) is 40.5 Å². The molecule has 0 spiro atoms. The molecule has 0 aliphatic rings. The van der Waals surface area contributed by atoms with Crippen LogP contribution in [0.1, 0.15) is 0 Å². The Morgan fingerprint density at radius 1 is 0.714 bits per heavy atom. The van der Waals surface area contributed by atoms with Crippen molar-refractivity contribution in [3.63, 3.8) is 0 Å². The Kier molecular flexibility index (Phi) is 2.41. The van der Waals surface area contributed by atoms with Gasteiger partial charge in [-0.2, -0.15) is 0 Å². The van der Waals surface area contributed by atoms with E-state index in [1.807, 2.05) is 0 Å². The number of benzene rings is 2. The molecular weight excluding hydrogens is 312 g/mol. The summed E-state index contributed by atoms with van der Waals surface area (Å²) in [6.45, 7) is 0. The number of fused-ring (bicyclic) bond motifs is 1. The Balaban J connectivity index is 3.05. The SMILES string of the molecule is Oc1ccc(Br)c2c(O)ccc(Br)c12. The van der Waals surface area contributed by atoms with E-state index in [-0.39, 0.29) is 11.5 Å². The molecule has 2 N–H and O–H groups in total. The average Bonchev–Trinajstić information content (AvgIpc) is 2.16. The summed E-state index contributed by atoms with van der Waals surface area (Å²) in [5.74, 6) is 0.289. The van der Waals surface area contributed by atoms with E-state index < -0.39 is 0 Å². The Bertz CT molecular complexity index is 420. The van der Waals surface area contributed by atoms with Crippen molar-refractivity contribution in [1.29, 1.82) is 0 Å². The van der Waals surface area contributed by atoms with Crippen LogP contribution in [0.3, 0.4) is 0 Å². The van der Waals surface area contributed by atoms with Crippen molar-refractivity contribution in [1.82, 2.24) is 0 Å². The summed E-state index contributed by atoms with van der Waals surface area (Å²) in [5.41, 5.74) is 0. The lowest BCUT2D eigenvalue weighted by molar-refractivity contribution is 0.475. The van der Waals surface area contributed by atoms with Crippen LogP contribution in [0.15, 0.2) is 33.2 Å². The van der Waals surface area contributed by atoms with Gasteiger partial charge in [0.1, 0.15) is 11.5 Å². The molecule has 0 saturated carbocycles. The first-order chi connectivity index (χ1) is 6.61. The average molecular weight is 318 g/mol. The Labute approximate surface area is 97.4 Å². The van der Waals surface area contributed by atoms with E-state index in [1.165, 1.54) is 0 Å². The molecule has 2 aromatic carbocycles. The van der Waals surface area contributed by atoms with Crippen LogP contribution in [-0.2, 0) is 0 Å². The smallest absolute Gasteiger partial charge is 0.124 e. The summed E-state index contributed by atoms with van der Waals surface area (Å²) in [7, 11) is 0. The molecule has 0 fully saturated rings. The Hall–Kier alpha value is -0.740. The molecule has 0 saturated heterocycles. The molecule has 2 aromatic rings. The molecule has 72 valence electrons. The Morgan fingerprint density at radius 3 is 1.43 bits per heavy atom. The van der Waals surface area contributed by atoms with E-state index in [1.54, 1.807) is 24.3 Å². The number of hydrogen-bond acceptors (Lipinski definition) is 2. The van der Waals surface area contributed by atoms with Crippen molar-refractivity contribution >= 4 is 42.6 Å². The second kappa shape index (κ2) is 3.44. The lowest BCUT2D eigenvalue weighted by atomic mass is 10.1. The maximum absolute atomic E-state index is 9.64. The molecule has 0 amide bonds. The zero-order valence-electron chi connectivity index (χ0n) is 6.96. The van der Waals surface area contributed by atoms with Crippen LogP contribution in [0.25, 0.3) is 10.8 Å². The molecule has 14 heavy (non-hydrogen) atoms. The molecule has 0 unspecified atom stereocenters. The van der Waals surface area contributed by atoms with E-state index in [0.29, 0.717) is 10.8 Å². The lowest BCUT2D eigenvalue weighted by Gasteiger charge is -2.07. The van der Waals surface area contributed by atoms with Gasteiger partial charge in [0.05, 0.1) is 0 Å². The fourth-order valence-electron chi connectivity index (χ4n) is 1.38. The Morgan fingerprint density at radius 2 is 1.07 bits per heavy atom. The van der Waals surface area contributed by atoms with E-state index in [9.17, 15) is 10.2 Å². The number of phenolic OH excluding ortho intramolecular Hbond substituents is 2. The summed E-state index contributed by atoms with van der Waals surface area (Å²) in [6.07, 6.45) is 0. The summed E-state index contributed by atoms with van der Waals surface area (Å²) in [4.78, 5) is 0. The van der Waals surface area contributed by atoms with Crippen molar-refractivity contribution in [2.24, 2.45) is 0 Å². The van der Waals surface area contributed by atoms with Crippen LogP contribution in [0, 0.1) is 0 Å². The fourth-order valence-corrected chi connectivity index (χ4v) is 2.44. The van der Waals surface area contributed by atoms with E-state index in [2.05, 4.69) is 31.9 Å². The van der Waals surface area contributed by atoms with Gasteiger partial charge in [0, 0.05) is 19.7 Å². The van der Waals surface area contributed by atoms with Gasteiger partial charge in [-0.3, -0.25) is 0 Å². The third-order valence-corrected chi connectivity index (χ3v) is 3.34. The second-order valence-corrected chi connectivity index (χ2v) is 4.59. The van der Waals surface area contributed by atoms with Crippen LogP contribution in [0.5, 0.6) is 11.5 Å². The van der Waals surface area contributed by atoms with Crippen molar-refractivity contribution in [3.8, 4) is 11.5 Å². The van der Waals surface area contributed by atoms with Gasteiger partial charge in [-0.15, -0.1) is 0 Å². The molecule has 0 aliphatic carbocycles. The third kappa shape index (κ3) is 1.38. The van der Waals surface area contributed by atoms with Crippen molar-refractivity contribution in [2.45, 2.75) is 0 Å². The first kappa shape index (κ1) is 9.80. The van der Waals surface area contributed by atoms with Gasteiger partial charge in [-0.05, 0) is 24.3 Å². The molecule has 0 radical (unpaired) electrons. The van der Waals surface area contributed by atoms with Crippen molar-refractivity contribution in [3.05, 3.63) is 33.2 Å². The quantitative estimate of drug-likeness (QED) is 0.776. The van der Waals surface area contributed by atoms with Gasteiger partial charge >= 0.3 is 0 Å². The molecule has 0 heterocycles. The fraction of sp³-hybridized carbons (Fsp3) is 0. The third-order valence-electron chi connectivity index (χ3n) is 2.01. The summed E-state index contributed by atoms with van der Waals surface area (Å²) in [5, 5.41) is 20.5. The number of phenols is 2. The van der Waals surface area contributed by atoms with Gasteiger partial charge in [0.15, 0.2) is 0 Å². The second-order valence-electron chi connectivity index (χ2n) is 2.88. The highest BCUT2D eigenvalue weighted by molar-refractivity contribution is 9.11.